The number of carbonyl (C=O) groups is 1. The molecule has 5 nitrogen and oxygen atoms in total. The van der Waals surface area contributed by atoms with Gasteiger partial charge in [-0.15, -0.1) is 0 Å². The molecule has 136 valence electrons. The summed E-state index contributed by atoms with van der Waals surface area (Å²) in [4.78, 5) is 12.8. The molecule has 1 amide bonds. The lowest BCUT2D eigenvalue weighted by Crippen LogP contribution is -2.48. The molecule has 3 N–H and O–H groups in total. The highest BCUT2D eigenvalue weighted by Gasteiger charge is 2.52. The molecular weight excluding hydrogens is 328 g/mol. The van der Waals surface area contributed by atoms with Crippen LogP contribution in [0, 0.1) is 0 Å². The van der Waals surface area contributed by atoms with Gasteiger partial charge in [0.25, 0.3) is 5.91 Å². The lowest BCUT2D eigenvalue weighted by atomic mass is 9.72. The monoisotopic (exact) mass is 352 g/mol. The van der Waals surface area contributed by atoms with Gasteiger partial charge in [-0.1, -0.05) is 24.3 Å². The number of fused-ring (bicyclic) bond motifs is 2. The van der Waals surface area contributed by atoms with Crippen LogP contribution in [0.15, 0.2) is 48.5 Å². The number of benzene rings is 2. The van der Waals surface area contributed by atoms with Crippen molar-refractivity contribution in [2.75, 3.05) is 20.2 Å². The molecule has 4 rings (SSSR count). The predicted molar refractivity (Wildman–Crippen MR) is 99.4 cm³/mol. The fourth-order valence-electron chi connectivity index (χ4n) is 4.43. The van der Waals surface area contributed by atoms with Crippen LogP contribution in [0.3, 0.4) is 0 Å². The van der Waals surface area contributed by atoms with E-state index >= 15 is 0 Å². The van der Waals surface area contributed by atoms with Gasteiger partial charge >= 0.3 is 0 Å². The maximum atomic E-state index is 12.8. The van der Waals surface area contributed by atoms with Gasteiger partial charge < -0.3 is 20.5 Å². The summed E-state index contributed by atoms with van der Waals surface area (Å²) >= 11 is 0. The summed E-state index contributed by atoms with van der Waals surface area (Å²) < 4.78 is 5.14. The molecule has 1 spiro atoms. The Hall–Kier alpha value is -2.37. The van der Waals surface area contributed by atoms with Gasteiger partial charge in [0.1, 0.15) is 5.75 Å². The summed E-state index contributed by atoms with van der Waals surface area (Å²) in [6, 6.07) is 14.7. The van der Waals surface area contributed by atoms with Crippen molar-refractivity contribution in [2.24, 2.45) is 0 Å². The molecule has 1 aliphatic carbocycles. The van der Waals surface area contributed by atoms with Crippen LogP contribution in [0.25, 0.3) is 0 Å². The average Bonchev–Trinajstić information content (AvgIpc) is 2.92. The Labute approximate surface area is 153 Å². The van der Waals surface area contributed by atoms with Crippen LogP contribution in [-0.4, -0.2) is 37.3 Å². The first-order chi connectivity index (χ1) is 12.7. The van der Waals surface area contributed by atoms with E-state index in [-0.39, 0.29) is 17.4 Å². The number of piperidine rings is 1. The first-order valence-corrected chi connectivity index (χ1v) is 9.09. The molecule has 1 fully saturated rings. The highest BCUT2D eigenvalue weighted by atomic mass is 16.5. The number of aliphatic hydroxyl groups excluding tert-OH is 1. The van der Waals surface area contributed by atoms with Gasteiger partial charge in [0.05, 0.1) is 19.3 Å². The molecule has 2 aliphatic rings. The minimum Gasteiger partial charge on any atom is -0.497 e. The number of ether oxygens (including phenoxy) is 1. The number of carbonyl (C=O) groups excluding carboxylic acids is 1. The number of aliphatic hydroxyl groups is 1. The van der Waals surface area contributed by atoms with E-state index in [0.717, 1.165) is 31.5 Å². The summed E-state index contributed by atoms with van der Waals surface area (Å²) in [5.74, 6) is 0.527. The molecule has 0 bridgehead atoms. The Morgan fingerprint density at radius 2 is 1.85 bits per heavy atom. The number of hydrogen-bond acceptors (Lipinski definition) is 4. The second-order valence-electron chi connectivity index (χ2n) is 7.12. The zero-order valence-corrected chi connectivity index (χ0v) is 14.9. The van der Waals surface area contributed by atoms with Crippen molar-refractivity contribution in [3.8, 4) is 5.75 Å². The summed E-state index contributed by atoms with van der Waals surface area (Å²) in [7, 11) is 1.60. The molecule has 2 atom stereocenters. The Morgan fingerprint density at radius 1 is 1.15 bits per heavy atom. The Balaban J connectivity index is 1.63. The predicted octanol–water partition coefficient (Wildman–Crippen LogP) is 2.16. The van der Waals surface area contributed by atoms with E-state index in [2.05, 4.69) is 16.7 Å². The number of nitrogens with one attached hydrogen (secondary N) is 2. The topological polar surface area (TPSA) is 70.6 Å². The van der Waals surface area contributed by atoms with E-state index in [9.17, 15) is 9.90 Å². The van der Waals surface area contributed by atoms with Crippen LogP contribution < -0.4 is 15.4 Å². The van der Waals surface area contributed by atoms with Crippen molar-refractivity contribution in [1.82, 2.24) is 10.6 Å². The second kappa shape index (κ2) is 6.74. The van der Waals surface area contributed by atoms with E-state index in [1.165, 1.54) is 5.56 Å². The SMILES string of the molecule is COc1ccc(C(=O)N[C@@H]2c3ccccc3C3(CCNCC3)[C@H]2O)cc1. The minimum absolute atomic E-state index is 0.183. The van der Waals surface area contributed by atoms with Crippen LogP contribution in [0.2, 0.25) is 0 Å². The maximum Gasteiger partial charge on any atom is 0.251 e. The molecule has 1 saturated heterocycles. The van der Waals surface area contributed by atoms with Crippen molar-refractivity contribution in [3.63, 3.8) is 0 Å². The molecule has 5 heteroatoms. The molecule has 2 aromatic carbocycles. The number of rotatable bonds is 3. The molecule has 26 heavy (non-hydrogen) atoms. The van der Waals surface area contributed by atoms with Crippen molar-refractivity contribution in [2.45, 2.75) is 30.4 Å². The van der Waals surface area contributed by atoms with Crippen molar-refractivity contribution in [1.29, 1.82) is 0 Å². The van der Waals surface area contributed by atoms with Crippen LogP contribution >= 0.6 is 0 Å². The number of amides is 1. The fourth-order valence-corrected chi connectivity index (χ4v) is 4.43. The third-order valence-corrected chi connectivity index (χ3v) is 5.85. The van der Waals surface area contributed by atoms with Crippen LogP contribution in [0.1, 0.15) is 40.4 Å². The van der Waals surface area contributed by atoms with Crippen molar-refractivity contribution >= 4 is 5.91 Å². The largest absolute Gasteiger partial charge is 0.497 e. The number of hydrogen-bond donors (Lipinski definition) is 3. The van der Waals surface area contributed by atoms with E-state index in [1.54, 1.807) is 31.4 Å². The lowest BCUT2D eigenvalue weighted by molar-refractivity contribution is 0.0418. The van der Waals surface area contributed by atoms with Gasteiger partial charge in [0, 0.05) is 11.0 Å². The Kier molecular flexibility index (Phi) is 4.42. The van der Waals surface area contributed by atoms with Gasteiger partial charge in [-0.3, -0.25) is 4.79 Å². The third kappa shape index (κ3) is 2.68. The molecule has 2 aromatic rings. The molecule has 0 aromatic heterocycles. The number of methoxy groups -OCH3 is 1. The summed E-state index contributed by atoms with van der Waals surface area (Å²) in [5, 5.41) is 17.6. The molecule has 0 saturated carbocycles. The standard InChI is InChI=1S/C21H24N2O3/c1-26-15-8-6-14(7-9-15)20(25)23-18-16-4-2-3-5-17(16)21(19(18)24)10-12-22-13-11-21/h2-9,18-19,22,24H,10-13H2,1H3,(H,23,25)/t18-,19+/m1/s1. The normalized spacial score (nSPS) is 23.5. The molecule has 1 heterocycles. The van der Waals surface area contributed by atoms with Crippen molar-refractivity contribution in [3.05, 3.63) is 65.2 Å². The quantitative estimate of drug-likeness (QED) is 0.792. The van der Waals surface area contributed by atoms with Gasteiger partial charge in [-0.25, -0.2) is 0 Å². The molecule has 0 unspecified atom stereocenters. The van der Waals surface area contributed by atoms with E-state index < -0.39 is 6.10 Å². The summed E-state index contributed by atoms with van der Waals surface area (Å²) in [5.41, 5.74) is 2.49. The van der Waals surface area contributed by atoms with Crippen LogP contribution in [0.5, 0.6) is 5.75 Å². The molecular formula is C21H24N2O3. The van der Waals surface area contributed by atoms with E-state index in [1.807, 2.05) is 18.2 Å². The lowest BCUT2D eigenvalue weighted by Gasteiger charge is -2.38. The van der Waals surface area contributed by atoms with Gasteiger partial charge in [0.15, 0.2) is 0 Å². The van der Waals surface area contributed by atoms with E-state index in [4.69, 9.17) is 4.74 Å². The maximum absolute atomic E-state index is 12.8. The Bertz CT molecular complexity index is 797. The summed E-state index contributed by atoms with van der Waals surface area (Å²) in [6.45, 7) is 1.76. The fraction of sp³-hybridized carbons (Fsp3) is 0.381. The smallest absolute Gasteiger partial charge is 0.251 e. The third-order valence-electron chi connectivity index (χ3n) is 5.85. The van der Waals surface area contributed by atoms with Crippen molar-refractivity contribution < 1.29 is 14.6 Å². The van der Waals surface area contributed by atoms with Gasteiger partial charge in [0.2, 0.25) is 0 Å². The average molecular weight is 352 g/mol. The molecule has 1 aliphatic heterocycles. The van der Waals surface area contributed by atoms with Crippen LogP contribution in [-0.2, 0) is 5.41 Å². The van der Waals surface area contributed by atoms with E-state index in [0.29, 0.717) is 11.3 Å². The summed E-state index contributed by atoms with van der Waals surface area (Å²) in [6.07, 6.45) is 1.13. The van der Waals surface area contributed by atoms with Crippen LogP contribution in [0.4, 0.5) is 0 Å². The Morgan fingerprint density at radius 3 is 2.54 bits per heavy atom. The highest BCUT2D eigenvalue weighted by Crippen LogP contribution is 2.50. The van der Waals surface area contributed by atoms with Gasteiger partial charge in [-0.2, -0.15) is 0 Å². The van der Waals surface area contributed by atoms with Gasteiger partial charge in [-0.05, 0) is 61.3 Å². The molecule has 0 radical (unpaired) electrons. The first kappa shape index (κ1) is 17.1. The zero-order chi connectivity index (χ0) is 18.1. The zero-order valence-electron chi connectivity index (χ0n) is 14.9. The second-order valence-corrected chi connectivity index (χ2v) is 7.12. The first-order valence-electron chi connectivity index (χ1n) is 9.09. The highest BCUT2D eigenvalue weighted by molar-refractivity contribution is 5.94. The minimum atomic E-state index is -0.621.